The van der Waals surface area contributed by atoms with Gasteiger partial charge < -0.3 is 21.5 Å². The number of aliphatic hydroxyl groups excluding tert-OH is 1. The molecule has 1 aliphatic carbocycles. The zero-order valence-electron chi connectivity index (χ0n) is 20.0. The van der Waals surface area contributed by atoms with Gasteiger partial charge in [0.05, 0.1) is 29.6 Å². The summed E-state index contributed by atoms with van der Waals surface area (Å²) in [5, 5.41) is 15.3. The summed E-state index contributed by atoms with van der Waals surface area (Å²) in [6.07, 6.45) is 0.105. The van der Waals surface area contributed by atoms with Crippen LogP contribution in [0.1, 0.15) is 52.8 Å². The average Bonchev–Trinajstić information content (AvgIpc) is 2.85. The Balaban J connectivity index is 1.56. The fraction of sp³-hybridized carbons (Fsp3) is 0.346. The summed E-state index contributed by atoms with van der Waals surface area (Å²) in [6.45, 7) is 0.290. The summed E-state index contributed by atoms with van der Waals surface area (Å²) in [5.74, 6) is -2.12. The summed E-state index contributed by atoms with van der Waals surface area (Å²) >= 11 is 3.24. The molecule has 0 aliphatic heterocycles. The highest BCUT2D eigenvalue weighted by molar-refractivity contribution is 9.10. The highest BCUT2D eigenvalue weighted by Gasteiger charge is 2.31. The summed E-state index contributed by atoms with van der Waals surface area (Å²) in [6, 6.07) is 7.65. The number of carbonyl (C=O) groups excluding carboxylic acids is 1. The van der Waals surface area contributed by atoms with Crippen molar-refractivity contribution in [2.45, 2.75) is 43.5 Å². The third-order valence-electron chi connectivity index (χ3n) is 6.46. The SMILES string of the molecule is CNCC(NC(=O)c1ccc(-c2nc([C@H]3CC[C@H](O)[C@H](F)C3)cnc2N)cc1F)c1cc(F)cc(Br)c1. The molecule has 11 heteroatoms. The van der Waals surface area contributed by atoms with Crippen LogP contribution in [0.3, 0.4) is 0 Å². The first-order valence-electron chi connectivity index (χ1n) is 11.8. The first-order chi connectivity index (χ1) is 17.7. The molecule has 1 fully saturated rings. The smallest absolute Gasteiger partial charge is 0.254 e. The summed E-state index contributed by atoms with van der Waals surface area (Å²) in [5.41, 5.74) is 7.36. The Labute approximate surface area is 220 Å². The van der Waals surface area contributed by atoms with Crippen LogP contribution in [0.4, 0.5) is 19.0 Å². The number of anilines is 1. The number of nitrogens with two attached hydrogens (primary N) is 1. The molecule has 0 bridgehead atoms. The van der Waals surface area contributed by atoms with Crippen molar-refractivity contribution >= 4 is 27.7 Å². The molecule has 1 unspecified atom stereocenters. The van der Waals surface area contributed by atoms with E-state index in [0.717, 1.165) is 6.07 Å². The molecule has 4 atom stereocenters. The quantitative estimate of drug-likeness (QED) is 0.330. The minimum Gasteiger partial charge on any atom is -0.390 e. The van der Waals surface area contributed by atoms with Gasteiger partial charge >= 0.3 is 0 Å². The second-order valence-electron chi connectivity index (χ2n) is 9.10. The number of likely N-dealkylation sites (N-methyl/N-ethyl adjacent to an activating group) is 1. The second-order valence-corrected chi connectivity index (χ2v) is 10.0. The van der Waals surface area contributed by atoms with Crippen LogP contribution in [0, 0.1) is 11.6 Å². The van der Waals surface area contributed by atoms with Gasteiger partial charge in [0.2, 0.25) is 0 Å². The van der Waals surface area contributed by atoms with Gasteiger partial charge in [0.1, 0.15) is 29.3 Å². The van der Waals surface area contributed by atoms with Crippen LogP contribution in [-0.4, -0.2) is 46.8 Å². The molecule has 3 aromatic rings. The van der Waals surface area contributed by atoms with Gasteiger partial charge in [0, 0.05) is 22.5 Å². The van der Waals surface area contributed by atoms with E-state index < -0.39 is 35.9 Å². The van der Waals surface area contributed by atoms with Gasteiger partial charge in [-0.2, -0.15) is 0 Å². The molecule has 1 aromatic heterocycles. The first kappa shape index (κ1) is 27.0. The van der Waals surface area contributed by atoms with E-state index in [9.17, 15) is 18.7 Å². The van der Waals surface area contributed by atoms with Gasteiger partial charge in [-0.3, -0.25) is 4.79 Å². The largest absolute Gasteiger partial charge is 0.390 e. The van der Waals surface area contributed by atoms with Gasteiger partial charge in [-0.15, -0.1) is 0 Å². The number of amides is 1. The zero-order chi connectivity index (χ0) is 26.7. The lowest BCUT2D eigenvalue weighted by atomic mass is 9.84. The Kier molecular flexibility index (Phi) is 8.46. The van der Waals surface area contributed by atoms with Crippen LogP contribution in [0.15, 0.2) is 47.1 Å². The third-order valence-corrected chi connectivity index (χ3v) is 6.92. The molecule has 2 aromatic carbocycles. The molecule has 0 saturated heterocycles. The van der Waals surface area contributed by atoms with E-state index in [1.165, 1.54) is 30.5 Å². The van der Waals surface area contributed by atoms with Crippen molar-refractivity contribution in [2.75, 3.05) is 19.3 Å². The van der Waals surface area contributed by atoms with Gasteiger partial charge in [0.15, 0.2) is 0 Å². The lowest BCUT2D eigenvalue weighted by Gasteiger charge is -2.28. The molecule has 0 radical (unpaired) electrons. The van der Waals surface area contributed by atoms with Crippen LogP contribution < -0.4 is 16.4 Å². The maximum absolute atomic E-state index is 15.1. The van der Waals surface area contributed by atoms with Gasteiger partial charge in [-0.1, -0.05) is 22.0 Å². The third kappa shape index (κ3) is 6.28. The monoisotopic (exact) mass is 577 g/mol. The first-order valence-corrected chi connectivity index (χ1v) is 12.6. The standard InChI is InChI=1S/C26H27BrF3N5O2/c1-32-11-21(15-6-16(27)10-17(28)7-15)35-26(37)18-4-2-14(9-19(18)29)24-25(31)33-12-22(34-24)13-3-5-23(36)20(30)8-13/h2,4,6-7,9-10,12-13,20-21,23,32,36H,3,5,8,11H2,1H3,(H2,31,33)(H,35,37)/t13-,20+,21?,23-/m0/s1. The predicted molar refractivity (Wildman–Crippen MR) is 138 cm³/mol. The fourth-order valence-corrected chi connectivity index (χ4v) is 4.99. The van der Waals surface area contributed by atoms with Crippen molar-refractivity contribution in [3.63, 3.8) is 0 Å². The number of aromatic nitrogens is 2. The fourth-order valence-electron chi connectivity index (χ4n) is 4.50. The van der Waals surface area contributed by atoms with E-state index in [0.29, 0.717) is 34.1 Å². The van der Waals surface area contributed by atoms with E-state index in [-0.39, 0.29) is 36.0 Å². The topological polar surface area (TPSA) is 113 Å². The van der Waals surface area contributed by atoms with Gasteiger partial charge in [-0.25, -0.2) is 23.1 Å². The number of nitrogens with zero attached hydrogens (tertiary/aromatic N) is 2. The molecule has 1 heterocycles. The summed E-state index contributed by atoms with van der Waals surface area (Å²) in [7, 11) is 1.69. The van der Waals surface area contributed by atoms with Crippen molar-refractivity contribution in [3.8, 4) is 11.3 Å². The number of aliphatic hydroxyl groups is 1. The zero-order valence-corrected chi connectivity index (χ0v) is 21.6. The van der Waals surface area contributed by atoms with Crippen molar-refractivity contribution in [2.24, 2.45) is 0 Å². The molecule has 1 saturated carbocycles. The van der Waals surface area contributed by atoms with Crippen LogP contribution in [0.5, 0.6) is 0 Å². The molecule has 7 nitrogen and oxygen atoms in total. The van der Waals surface area contributed by atoms with Crippen LogP contribution >= 0.6 is 15.9 Å². The highest BCUT2D eigenvalue weighted by Crippen LogP contribution is 2.35. The number of alkyl halides is 1. The predicted octanol–water partition coefficient (Wildman–Crippen LogP) is 4.42. The number of halogens is 4. The van der Waals surface area contributed by atoms with Crippen molar-refractivity contribution in [1.29, 1.82) is 0 Å². The van der Waals surface area contributed by atoms with Crippen LogP contribution in [-0.2, 0) is 0 Å². The minimum absolute atomic E-state index is 0.0683. The van der Waals surface area contributed by atoms with Gasteiger partial charge in [0.25, 0.3) is 5.91 Å². The van der Waals surface area contributed by atoms with E-state index in [4.69, 9.17) is 5.73 Å². The van der Waals surface area contributed by atoms with E-state index >= 15 is 4.39 Å². The number of hydrogen-bond donors (Lipinski definition) is 4. The Hall–Kier alpha value is -3.02. The number of benzene rings is 2. The average molecular weight is 578 g/mol. The second kappa shape index (κ2) is 11.6. The number of rotatable bonds is 7. The van der Waals surface area contributed by atoms with Crippen LogP contribution in [0.25, 0.3) is 11.3 Å². The molecule has 0 spiro atoms. The maximum atomic E-state index is 15.1. The number of nitrogens with one attached hydrogen (secondary N) is 2. The molecular weight excluding hydrogens is 551 g/mol. The summed E-state index contributed by atoms with van der Waals surface area (Å²) in [4.78, 5) is 21.6. The highest BCUT2D eigenvalue weighted by atomic mass is 79.9. The van der Waals surface area contributed by atoms with E-state index in [1.807, 2.05) is 0 Å². The van der Waals surface area contributed by atoms with Gasteiger partial charge in [-0.05, 0) is 62.2 Å². The van der Waals surface area contributed by atoms with Crippen LogP contribution in [0.2, 0.25) is 0 Å². The van der Waals surface area contributed by atoms with Crippen molar-refractivity contribution < 1.29 is 23.1 Å². The molecule has 37 heavy (non-hydrogen) atoms. The molecule has 5 N–H and O–H groups in total. The summed E-state index contributed by atoms with van der Waals surface area (Å²) < 4.78 is 43.6. The number of nitrogen functional groups attached to an aromatic ring is 1. The lowest BCUT2D eigenvalue weighted by Crippen LogP contribution is -2.35. The minimum atomic E-state index is -1.35. The number of hydrogen-bond acceptors (Lipinski definition) is 6. The Morgan fingerprint density at radius 1 is 1.24 bits per heavy atom. The lowest BCUT2D eigenvalue weighted by molar-refractivity contribution is 0.0363. The Bertz CT molecular complexity index is 1270. The molecule has 196 valence electrons. The molecular formula is C26H27BrF3N5O2. The normalized spacial score (nSPS) is 20.4. The Morgan fingerprint density at radius 3 is 2.70 bits per heavy atom. The van der Waals surface area contributed by atoms with Crippen molar-refractivity contribution in [3.05, 3.63) is 75.5 Å². The maximum Gasteiger partial charge on any atom is 0.254 e. The van der Waals surface area contributed by atoms with E-state index in [2.05, 4.69) is 36.5 Å². The molecule has 4 rings (SSSR count). The molecule has 1 amide bonds. The van der Waals surface area contributed by atoms with E-state index in [1.54, 1.807) is 13.1 Å². The number of carbonyl (C=O) groups is 1. The van der Waals surface area contributed by atoms with Crippen molar-refractivity contribution in [1.82, 2.24) is 20.6 Å². The molecule has 1 aliphatic rings. The Morgan fingerprint density at radius 2 is 2.03 bits per heavy atom.